The third-order valence-electron chi connectivity index (χ3n) is 4.28. The SMILES string of the molecule is CCCNCc1cc(S(=O)(=O)NC2(CC)CCC2)c(C)o1. The van der Waals surface area contributed by atoms with E-state index in [1.807, 2.05) is 6.92 Å². The van der Waals surface area contributed by atoms with Gasteiger partial charge in [0.25, 0.3) is 0 Å². The lowest BCUT2D eigenvalue weighted by molar-refractivity contribution is 0.213. The first-order valence-corrected chi connectivity index (χ1v) is 9.25. The third kappa shape index (κ3) is 3.67. The highest BCUT2D eigenvalue weighted by Crippen LogP contribution is 2.36. The van der Waals surface area contributed by atoms with Crippen molar-refractivity contribution in [2.75, 3.05) is 6.54 Å². The fourth-order valence-corrected chi connectivity index (χ4v) is 4.47. The Balaban J connectivity index is 2.12. The molecule has 0 bridgehead atoms. The lowest BCUT2D eigenvalue weighted by Gasteiger charge is -2.41. The molecule has 1 saturated carbocycles. The first-order valence-electron chi connectivity index (χ1n) is 7.76. The van der Waals surface area contributed by atoms with E-state index < -0.39 is 10.0 Å². The predicted octanol–water partition coefficient (Wildman–Crippen LogP) is 2.70. The molecule has 0 unspecified atom stereocenters. The van der Waals surface area contributed by atoms with E-state index >= 15 is 0 Å². The molecular formula is C15H26N2O3S. The largest absolute Gasteiger partial charge is 0.464 e. The molecule has 1 fully saturated rings. The second kappa shape index (κ2) is 6.50. The van der Waals surface area contributed by atoms with E-state index in [1.165, 1.54) is 0 Å². The van der Waals surface area contributed by atoms with Crippen LogP contribution in [0.3, 0.4) is 0 Å². The molecule has 1 heterocycles. The summed E-state index contributed by atoms with van der Waals surface area (Å²) in [5, 5.41) is 3.22. The number of rotatable bonds is 8. The Morgan fingerprint density at radius 2 is 2.05 bits per heavy atom. The molecule has 2 N–H and O–H groups in total. The summed E-state index contributed by atoms with van der Waals surface area (Å²) >= 11 is 0. The monoisotopic (exact) mass is 314 g/mol. The second-order valence-electron chi connectivity index (χ2n) is 5.90. The van der Waals surface area contributed by atoms with Gasteiger partial charge in [-0.1, -0.05) is 13.8 Å². The molecule has 0 amide bonds. The molecule has 21 heavy (non-hydrogen) atoms. The molecule has 0 aliphatic heterocycles. The van der Waals surface area contributed by atoms with Crippen LogP contribution in [0.4, 0.5) is 0 Å². The smallest absolute Gasteiger partial charge is 0.244 e. The average molecular weight is 314 g/mol. The molecule has 1 aromatic heterocycles. The maximum Gasteiger partial charge on any atom is 0.244 e. The summed E-state index contributed by atoms with van der Waals surface area (Å²) in [6.07, 6.45) is 4.79. The molecule has 5 nitrogen and oxygen atoms in total. The van der Waals surface area contributed by atoms with Crippen molar-refractivity contribution in [2.45, 2.75) is 69.9 Å². The molecular weight excluding hydrogens is 288 g/mol. The summed E-state index contributed by atoms with van der Waals surface area (Å²) in [4.78, 5) is 0.274. The van der Waals surface area contributed by atoms with Crippen molar-refractivity contribution in [2.24, 2.45) is 0 Å². The van der Waals surface area contributed by atoms with Gasteiger partial charge in [-0.2, -0.15) is 0 Å². The Kier molecular flexibility index (Phi) is 5.11. The van der Waals surface area contributed by atoms with Crippen LogP contribution in [0, 0.1) is 6.92 Å². The summed E-state index contributed by atoms with van der Waals surface area (Å²) in [5.74, 6) is 1.13. The Hall–Kier alpha value is -0.850. The maximum absolute atomic E-state index is 12.6. The molecule has 1 aromatic rings. The van der Waals surface area contributed by atoms with Crippen LogP contribution in [0.25, 0.3) is 0 Å². The molecule has 0 atom stereocenters. The van der Waals surface area contributed by atoms with Gasteiger partial charge in [0.2, 0.25) is 10.0 Å². The van der Waals surface area contributed by atoms with Crippen molar-refractivity contribution in [3.8, 4) is 0 Å². The molecule has 0 spiro atoms. The molecule has 1 aliphatic rings. The zero-order valence-electron chi connectivity index (χ0n) is 13.2. The number of aryl methyl sites for hydroxylation is 1. The summed E-state index contributed by atoms with van der Waals surface area (Å²) in [6.45, 7) is 7.27. The van der Waals surface area contributed by atoms with E-state index in [9.17, 15) is 8.42 Å². The lowest BCUT2D eigenvalue weighted by atomic mass is 9.76. The molecule has 0 aromatic carbocycles. The first kappa shape index (κ1) is 16.5. The van der Waals surface area contributed by atoms with Gasteiger partial charge in [-0.15, -0.1) is 0 Å². The standard InChI is InChI=1S/C15H26N2O3S/c1-4-9-16-11-13-10-14(12(3)20-13)21(18,19)17-15(5-2)7-6-8-15/h10,16-17H,4-9,11H2,1-3H3. The minimum absolute atomic E-state index is 0.247. The summed E-state index contributed by atoms with van der Waals surface area (Å²) in [5.41, 5.74) is -0.247. The molecule has 6 heteroatoms. The van der Waals surface area contributed by atoms with Crippen molar-refractivity contribution < 1.29 is 12.8 Å². The van der Waals surface area contributed by atoms with Crippen LogP contribution in [0.1, 0.15) is 57.5 Å². The van der Waals surface area contributed by atoms with Crippen LogP contribution in [-0.2, 0) is 16.6 Å². The highest BCUT2D eigenvalue weighted by molar-refractivity contribution is 7.89. The van der Waals surface area contributed by atoms with Crippen LogP contribution in [-0.4, -0.2) is 20.5 Å². The van der Waals surface area contributed by atoms with Crippen molar-refractivity contribution in [1.82, 2.24) is 10.0 Å². The number of hydrogen-bond donors (Lipinski definition) is 2. The van der Waals surface area contributed by atoms with Crippen molar-refractivity contribution >= 4 is 10.0 Å². The van der Waals surface area contributed by atoms with Crippen molar-refractivity contribution in [3.63, 3.8) is 0 Å². The van der Waals surface area contributed by atoms with E-state index in [0.29, 0.717) is 18.1 Å². The summed E-state index contributed by atoms with van der Waals surface area (Å²) < 4.78 is 33.6. The zero-order chi connectivity index (χ0) is 15.5. The normalized spacial score (nSPS) is 17.7. The number of sulfonamides is 1. The second-order valence-corrected chi connectivity index (χ2v) is 7.55. The first-order chi connectivity index (χ1) is 9.92. The van der Waals surface area contributed by atoms with Crippen LogP contribution in [0.15, 0.2) is 15.4 Å². The highest BCUT2D eigenvalue weighted by atomic mass is 32.2. The Morgan fingerprint density at radius 1 is 1.33 bits per heavy atom. The van der Waals surface area contributed by atoms with E-state index in [2.05, 4.69) is 17.0 Å². The fourth-order valence-electron chi connectivity index (χ4n) is 2.74. The van der Waals surface area contributed by atoms with Gasteiger partial charge >= 0.3 is 0 Å². The van der Waals surface area contributed by atoms with Crippen LogP contribution < -0.4 is 10.0 Å². The third-order valence-corrected chi connectivity index (χ3v) is 5.96. The minimum atomic E-state index is -3.50. The van der Waals surface area contributed by atoms with E-state index in [-0.39, 0.29) is 10.4 Å². The fraction of sp³-hybridized carbons (Fsp3) is 0.733. The van der Waals surface area contributed by atoms with E-state index in [1.54, 1.807) is 13.0 Å². The Morgan fingerprint density at radius 3 is 2.57 bits per heavy atom. The van der Waals surface area contributed by atoms with Gasteiger partial charge < -0.3 is 9.73 Å². The van der Waals surface area contributed by atoms with Gasteiger partial charge in [0.1, 0.15) is 16.4 Å². The Labute approximate surface area is 127 Å². The number of nitrogens with one attached hydrogen (secondary N) is 2. The minimum Gasteiger partial charge on any atom is -0.464 e. The topological polar surface area (TPSA) is 71.3 Å². The van der Waals surface area contributed by atoms with Gasteiger partial charge in [-0.25, -0.2) is 13.1 Å². The van der Waals surface area contributed by atoms with Gasteiger partial charge in [0.05, 0.1) is 6.54 Å². The highest BCUT2D eigenvalue weighted by Gasteiger charge is 2.39. The zero-order valence-corrected chi connectivity index (χ0v) is 14.0. The molecule has 120 valence electrons. The van der Waals surface area contributed by atoms with Gasteiger partial charge in [0, 0.05) is 11.6 Å². The lowest BCUT2D eigenvalue weighted by Crippen LogP contribution is -2.52. The van der Waals surface area contributed by atoms with Crippen molar-refractivity contribution in [3.05, 3.63) is 17.6 Å². The molecule has 0 radical (unpaired) electrons. The predicted molar refractivity (Wildman–Crippen MR) is 82.6 cm³/mol. The summed E-state index contributed by atoms with van der Waals surface area (Å²) in [6, 6.07) is 1.64. The molecule has 2 rings (SSSR count). The number of furan rings is 1. The number of hydrogen-bond acceptors (Lipinski definition) is 4. The van der Waals surface area contributed by atoms with Crippen LogP contribution >= 0.6 is 0 Å². The average Bonchev–Trinajstić information content (AvgIpc) is 2.76. The van der Waals surface area contributed by atoms with Crippen LogP contribution in [0.5, 0.6) is 0 Å². The van der Waals surface area contributed by atoms with E-state index in [0.717, 1.165) is 38.6 Å². The molecule has 0 saturated heterocycles. The maximum atomic E-state index is 12.6. The van der Waals surface area contributed by atoms with Crippen LogP contribution in [0.2, 0.25) is 0 Å². The van der Waals surface area contributed by atoms with E-state index in [4.69, 9.17) is 4.42 Å². The summed E-state index contributed by atoms with van der Waals surface area (Å²) in [7, 11) is -3.50. The quantitative estimate of drug-likeness (QED) is 0.724. The molecule has 1 aliphatic carbocycles. The van der Waals surface area contributed by atoms with Crippen molar-refractivity contribution in [1.29, 1.82) is 0 Å². The van der Waals surface area contributed by atoms with Gasteiger partial charge in [-0.05, 0) is 45.6 Å². The van der Waals surface area contributed by atoms with Gasteiger partial charge in [0.15, 0.2) is 0 Å². The van der Waals surface area contributed by atoms with Gasteiger partial charge in [-0.3, -0.25) is 0 Å². The Bertz CT molecular complexity index is 568.